The highest BCUT2D eigenvalue weighted by Gasteiger charge is 2.30. The van der Waals surface area contributed by atoms with E-state index >= 15 is 4.39 Å². The summed E-state index contributed by atoms with van der Waals surface area (Å²) in [6, 6.07) is 14.4. The topological polar surface area (TPSA) is 27.7 Å². The minimum Gasteiger partial charge on any atom is -0.373 e. The van der Waals surface area contributed by atoms with Gasteiger partial charge in [-0.15, -0.1) is 0 Å². The molecule has 0 bridgehead atoms. The fraction of sp³-hybridized carbons (Fsp3) is 0.429. The van der Waals surface area contributed by atoms with E-state index in [0.29, 0.717) is 50.0 Å². The zero-order valence-electron chi connectivity index (χ0n) is 19.7. The summed E-state index contributed by atoms with van der Waals surface area (Å²) >= 11 is 0. The fourth-order valence-electron chi connectivity index (χ4n) is 4.23. The number of benzene rings is 3. The smallest absolute Gasteiger partial charge is 0.373 e. The quantitative estimate of drug-likeness (QED) is 0.306. The van der Waals surface area contributed by atoms with E-state index in [1.54, 1.807) is 12.1 Å². The van der Waals surface area contributed by atoms with E-state index in [2.05, 4.69) is 6.92 Å². The van der Waals surface area contributed by atoms with Crippen molar-refractivity contribution in [1.82, 2.24) is 0 Å². The molecule has 7 heteroatoms. The van der Waals surface area contributed by atoms with E-state index in [1.165, 1.54) is 12.1 Å². The second kappa shape index (κ2) is 11.5. The molecule has 35 heavy (non-hydrogen) atoms. The molecule has 0 atom stereocenters. The molecule has 1 aliphatic rings. The highest BCUT2D eigenvalue weighted by Crippen LogP contribution is 2.29. The van der Waals surface area contributed by atoms with Gasteiger partial charge in [0, 0.05) is 18.4 Å². The maximum atomic E-state index is 15.1. The third kappa shape index (κ3) is 6.81. The van der Waals surface area contributed by atoms with E-state index in [4.69, 9.17) is 14.2 Å². The normalized spacial score (nSPS) is 18.8. The first-order valence-electron chi connectivity index (χ1n) is 12.0. The first-order chi connectivity index (χ1) is 16.8. The van der Waals surface area contributed by atoms with Crippen LogP contribution in [0.2, 0.25) is 0 Å². The molecule has 3 aromatic rings. The maximum absolute atomic E-state index is 15.1. The van der Waals surface area contributed by atoms with Gasteiger partial charge in [0.05, 0.1) is 18.8 Å². The van der Waals surface area contributed by atoms with Crippen LogP contribution in [0.4, 0.5) is 17.6 Å². The lowest BCUT2D eigenvalue weighted by molar-refractivity contribution is -0.227. The van der Waals surface area contributed by atoms with Crippen LogP contribution in [0.1, 0.15) is 42.0 Å². The molecule has 188 valence electrons. The van der Waals surface area contributed by atoms with Gasteiger partial charge < -0.3 is 14.2 Å². The van der Waals surface area contributed by atoms with Crippen molar-refractivity contribution in [3.63, 3.8) is 0 Å². The Balaban J connectivity index is 1.33. The molecule has 1 aliphatic heterocycles. The van der Waals surface area contributed by atoms with Crippen LogP contribution in [-0.4, -0.2) is 32.2 Å². The molecule has 0 unspecified atom stereocenters. The highest BCUT2D eigenvalue weighted by molar-refractivity contribution is 5.84. The summed E-state index contributed by atoms with van der Waals surface area (Å²) in [5, 5.41) is 1.36. The SMILES string of the molecule is CCCOC1COC(CCc2ccc3c(F)c(CCc4ccc(C(F)(F)F)cc4)ccc3c2)OC1. The molecule has 1 heterocycles. The number of alkyl halides is 3. The van der Waals surface area contributed by atoms with Crippen molar-refractivity contribution in [3.05, 3.63) is 82.7 Å². The van der Waals surface area contributed by atoms with E-state index in [0.717, 1.165) is 41.5 Å². The Bertz CT molecular complexity index is 1100. The summed E-state index contributed by atoms with van der Waals surface area (Å²) in [6.07, 6.45) is -1.34. The Morgan fingerprint density at radius 1 is 0.886 bits per heavy atom. The lowest BCUT2D eigenvalue weighted by atomic mass is 9.98. The number of hydrogen-bond acceptors (Lipinski definition) is 3. The zero-order chi connectivity index (χ0) is 24.8. The first kappa shape index (κ1) is 25.6. The molecule has 0 aliphatic carbocycles. The molecule has 3 aromatic carbocycles. The van der Waals surface area contributed by atoms with E-state index in [9.17, 15) is 13.2 Å². The molecule has 0 N–H and O–H groups in total. The van der Waals surface area contributed by atoms with Gasteiger partial charge >= 0.3 is 6.18 Å². The Labute approximate surface area is 203 Å². The van der Waals surface area contributed by atoms with E-state index in [-0.39, 0.29) is 18.2 Å². The third-order valence-electron chi connectivity index (χ3n) is 6.23. The Hall–Kier alpha value is -2.48. The monoisotopic (exact) mass is 490 g/mol. The van der Waals surface area contributed by atoms with Gasteiger partial charge in [0.1, 0.15) is 11.9 Å². The number of fused-ring (bicyclic) bond motifs is 1. The van der Waals surface area contributed by atoms with Crippen molar-refractivity contribution >= 4 is 10.8 Å². The molecule has 1 fully saturated rings. The predicted octanol–water partition coefficient (Wildman–Crippen LogP) is 6.88. The van der Waals surface area contributed by atoms with Gasteiger partial charge in [-0.25, -0.2) is 4.39 Å². The first-order valence-corrected chi connectivity index (χ1v) is 12.0. The largest absolute Gasteiger partial charge is 0.416 e. The molecule has 1 saturated heterocycles. The lowest BCUT2D eigenvalue weighted by Crippen LogP contribution is -2.37. The van der Waals surface area contributed by atoms with Crippen LogP contribution in [0.25, 0.3) is 10.8 Å². The second-order valence-electron chi connectivity index (χ2n) is 8.92. The predicted molar refractivity (Wildman–Crippen MR) is 127 cm³/mol. The molecular formula is C28H30F4O3. The minimum atomic E-state index is -4.36. The molecule has 4 rings (SSSR count). The highest BCUT2D eigenvalue weighted by atomic mass is 19.4. The van der Waals surface area contributed by atoms with Gasteiger partial charge in [-0.1, -0.05) is 49.4 Å². The summed E-state index contributed by atoms with van der Waals surface area (Å²) in [5.41, 5.74) is 1.68. The summed E-state index contributed by atoms with van der Waals surface area (Å²) in [7, 11) is 0. The van der Waals surface area contributed by atoms with Crippen LogP contribution in [0.5, 0.6) is 0 Å². The Morgan fingerprint density at radius 2 is 1.60 bits per heavy atom. The van der Waals surface area contributed by atoms with Crippen molar-refractivity contribution in [1.29, 1.82) is 0 Å². The van der Waals surface area contributed by atoms with Crippen molar-refractivity contribution in [2.75, 3.05) is 19.8 Å². The van der Waals surface area contributed by atoms with Gasteiger partial charge in [-0.2, -0.15) is 13.2 Å². The Morgan fingerprint density at radius 3 is 2.29 bits per heavy atom. The number of aryl methyl sites for hydroxylation is 3. The van der Waals surface area contributed by atoms with E-state index < -0.39 is 11.7 Å². The van der Waals surface area contributed by atoms with Gasteiger partial charge in [-0.3, -0.25) is 0 Å². The van der Waals surface area contributed by atoms with Gasteiger partial charge in [0.15, 0.2) is 6.29 Å². The average Bonchev–Trinajstić information content (AvgIpc) is 2.86. The van der Waals surface area contributed by atoms with Gasteiger partial charge in [0.25, 0.3) is 0 Å². The van der Waals surface area contributed by atoms with Crippen molar-refractivity contribution in [2.24, 2.45) is 0 Å². The van der Waals surface area contributed by atoms with Crippen LogP contribution >= 0.6 is 0 Å². The summed E-state index contributed by atoms with van der Waals surface area (Å²) in [4.78, 5) is 0. The zero-order valence-corrected chi connectivity index (χ0v) is 19.7. The number of ether oxygens (including phenoxy) is 3. The standard InChI is InChI=1S/C28H30F4O3/c1-2-15-33-24-17-34-26(35-18-24)14-7-20-6-13-25-22(16-20)10-9-21(27(25)29)8-3-19-4-11-23(12-5-19)28(30,31)32/h4-6,9-13,16,24,26H,2-3,7-8,14-15,17-18H2,1H3. The van der Waals surface area contributed by atoms with Crippen LogP contribution in [0.15, 0.2) is 54.6 Å². The molecule has 0 amide bonds. The van der Waals surface area contributed by atoms with Crippen LogP contribution in [0, 0.1) is 5.82 Å². The van der Waals surface area contributed by atoms with Crippen molar-refractivity contribution in [2.45, 2.75) is 57.6 Å². The van der Waals surface area contributed by atoms with Crippen LogP contribution in [0.3, 0.4) is 0 Å². The Kier molecular flexibility index (Phi) is 8.42. The summed E-state index contributed by atoms with van der Waals surface area (Å²) in [5.74, 6) is -0.280. The molecule has 0 aromatic heterocycles. The van der Waals surface area contributed by atoms with E-state index in [1.807, 2.05) is 18.2 Å². The molecular weight excluding hydrogens is 460 g/mol. The number of halogens is 4. The molecule has 3 nitrogen and oxygen atoms in total. The number of rotatable bonds is 9. The number of hydrogen-bond donors (Lipinski definition) is 0. The van der Waals surface area contributed by atoms with Crippen molar-refractivity contribution in [3.8, 4) is 0 Å². The molecule has 0 saturated carbocycles. The van der Waals surface area contributed by atoms with Gasteiger partial charge in [0.2, 0.25) is 0 Å². The van der Waals surface area contributed by atoms with Crippen molar-refractivity contribution < 1.29 is 31.8 Å². The summed E-state index contributed by atoms with van der Waals surface area (Å²) in [6.45, 7) is 3.82. The molecule has 0 spiro atoms. The van der Waals surface area contributed by atoms with Gasteiger partial charge in [-0.05, 0) is 59.9 Å². The minimum absolute atomic E-state index is 0.0108. The molecule has 0 radical (unpaired) electrons. The fourth-order valence-corrected chi connectivity index (χ4v) is 4.23. The maximum Gasteiger partial charge on any atom is 0.416 e. The average molecular weight is 491 g/mol. The van der Waals surface area contributed by atoms with Crippen LogP contribution < -0.4 is 0 Å². The summed E-state index contributed by atoms with van der Waals surface area (Å²) < 4.78 is 70.5. The third-order valence-corrected chi connectivity index (χ3v) is 6.23. The van der Waals surface area contributed by atoms with Crippen LogP contribution in [-0.2, 0) is 39.6 Å². The second-order valence-corrected chi connectivity index (χ2v) is 8.92. The lowest BCUT2D eigenvalue weighted by Gasteiger charge is -2.29.